The molecule has 0 radical (unpaired) electrons. The average molecular weight is 332 g/mol. The van der Waals surface area contributed by atoms with Crippen molar-refractivity contribution in [3.8, 4) is 5.75 Å². The molecule has 0 heterocycles. The van der Waals surface area contributed by atoms with Crippen LogP contribution >= 0.6 is 27.7 Å². The van der Waals surface area contributed by atoms with E-state index < -0.39 is 0 Å². The van der Waals surface area contributed by atoms with Crippen molar-refractivity contribution in [2.24, 2.45) is 0 Å². The summed E-state index contributed by atoms with van der Waals surface area (Å²) in [6.07, 6.45) is 2.26. The molecule has 2 nitrogen and oxygen atoms in total. The van der Waals surface area contributed by atoms with Crippen molar-refractivity contribution in [3.63, 3.8) is 0 Å². The van der Waals surface area contributed by atoms with Gasteiger partial charge in [-0.15, -0.1) is 0 Å². The molecular weight excluding hydrogens is 310 g/mol. The summed E-state index contributed by atoms with van der Waals surface area (Å²) >= 11 is 5.62. The molecule has 0 saturated carbocycles. The molecule has 0 aliphatic heterocycles. The normalized spacial score (nSPS) is 12.4. The number of benzene rings is 1. The smallest absolute Gasteiger partial charge is 0.119 e. The second-order valence-electron chi connectivity index (χ2n) is 4.22. The minimum absolute atomic E-state index is 0.505. The Hall–Kier alpha value is -0.190. The highest BCUT2D eigenvalue weighted by Crippen LogP contribution is 2.24. The molecule has 1 aromatic rings. The summed E-state index contributed by atoms with van der Waals surface area (Å²) in [5.41, 5.74) is 1.30. The van der Waals surface area contributed by atoms with Crippen molar-refractivity contribution in [2.75, 3.05) is 25.7 Å². The van der Waals surface area contributed by atoms with E-state index in [0.717, 1.165) is 22.4 Å². The largest absolute Gasteiger partial charge is 0.497 e. The zero-order valence-electron chi connectivity index (χ0n) is 11.3. The van der Waals surface area contributed by atoms with Gasteiger partial charge >= 0.3 is 0 Å². The first-order chi connectivity index (χ1) is 8.71. The summed E-state index contributed by atoms with van der Waals surface area (Å²) in [6.45, 7) is 2.22. The molecule has 0 aromatic heterocycles. The van der Waals surface area contributed by atoms with Crippen LogP contribution < -0.4 is 10.1 Å². The summed E-state index contributed by atoms with van der Waals surface area (Å²) in [7, 11) is 3.74. The van der Waals surface area contributed by atoms with Crippen molar-refractivity contribution in [2.45, 2.75) is 25.8 Å². The summed E-state index contributed by atoms with van der Waals surface area (Å²) in [6, 6.07) is 6.65. The number of rotatable bonds is 8. The molecule has 0 saturated heterocycles. The van der Waals surface area contributed by atoms with Crippen LogP contribution in [-0.2, 0) is 6.42 Å². The second-order valence-corrected chi connectivity index (χ2v) is 6.23. The van der Waals surface area contributed by atoms with Gasteiger partial charge in [0.15, 0.2) is 0 Å². The number of hydrogen-bond acceptors (Lipinski definition) is 3. The molecule has 18 heavy (non-hydrogen) atoms. The molecule has 102 valence electrons. The Balaban J connectivity index is 2.62. The van der Waals surface area contributed by atoms with E-state index in [2.05, 4.69) is 40.3 Å². The van der Waals surface area contributed by atoms with Gasteiger partial charge in [0.1, 0.15) is 5.75 Å². The van der Waals surface area contributed by atoms with E-state index in [9.17, 15) is 0 Å². The van der Waals surface area contributed by atoms with Gasteiger partial charge in [-0.05, 0) is 49.4 Å². The van der Waals surface area contributed by atoms with E-state index in [4.69, 9.17) is 4.74 Å². The molecule has 0 aliphatic rings. The molecule has 1 N–H and O–H groups in total. The molecule has 1 aromatic carbocycles. The van der Waals surface area contributed by atoms with Gasteiger partial charge in [0.25, 0.3) is 0 Å². The number of halogens is 1. The third-order valence-electron chi connectivity index (χ3n) is 2.79. The molecule has 0 fully saturated rings. The Morgan fingerprint density at radius 3 is 2.83 bits per heavy atom. The maximum atomic E-state index is 5.28. The minimum Gasteiger partial charge on any atom is -0.497 e. The highest BCUT2D eigenvalue weighted by Gasteiger charge is 2.10. The highest BCUT2D eigenvalue weighted by atomic mass is 79.9. The summed E-state index contributed by atoms with van der Waals surface area (Å²) in [5, 5.41) is 3.39. The molecular formula is C14H22BrNOS. The van der Waals surface area contributed by atoms with Crippen molar-refractivity contribution >= 4 is 27.7 Å². The summed E-state index contributed by atoms with van der Waals surface area (Å²) < 4.78 is 6.43. The minimum atomic E-state index is 0.505. The van der Waals surface area contributed by atoms with E-state index in [1.165, 1.54) is 17.7 Å². The fourth-order valence-electron chi connectivity index (χ4n) is 1.71. The number of methoxy groups -OCH3 is 1. The predicted octanol–water partition coefficient (Wildman–Crippen LogP) is 3.73. The lowest BCUT2D eigenvalue weighted by molar-refractivity contribution is 0.414. The van der Waals surface area contributed by atoms with Crippen LogP contribution in [0.3, 0.4) is 0 Å². The molecule has 0 bridgehead atoms. The van der Waals surface area contributed by atoms with Gasteiger partial charge in [0.2, 0.25) is 0 Å². The Labute approximate surface area is 123 Å². The van der Waals surface area contributed by atoms with Gasteiger partial charge in [-0.3, -0.25) is 0 Å². The predicted molar refractivity (Wildman–Crippen MR) is 84.9 cm³/mol. The van der Waals surface area contributed by atoms with Crippen LogP contribution in [0, 0.1) is 0 Å². The van der Waals surface area contributed by atoms with Crippen LogP contribution in [0.5, 0.6) is 5.75 Å². The Bertz CT molecular complexity index is 360. The Morgan fingerprint density at radius 1 is 1.44 bits per heavy atom. The molecule has 0 amide bonds. The van der Waals surface area contributed by atoms with Gasteiger partial charge in [-0.2, -0.15) is 11.8 Å². The third-order valence-corrected chi connectivity index (χ3v) is 4.90. The van der Waals surface area contributed by atoms with Crippen LogP contribution in [0.4, 0.5) is 0 Å². The van der Waals surface area contributed by atoms with Crippen LogP contribution in [0.25, 0.3) is 0 Å². The van der Waals surface area contributed by atoms with E-state index >= 15 is 0 Å². The fourth-order valence-corrected chi connectivity index (χ4v) is 3.15. The Morgan fingerprint density at radius 2 is 2.22 bits per heavy atom. The van der Waals surface area contributed by atoms with Crippen LogP contribution in [0.1, 0.15) is 18.9 Å². The molecule has 1 unspecified atom stereocenters. The van der Waals surface area contributed by atoms with Gasteiger partial charge in [-0.1, -0.05) is 22.9 Å². The highest BCUT2D eigenvalue weighted by molar-refractivity contribution is 9.10. The van der Waals surface area contributed by atoms with E-state index in [1.807, 2.05) is 24.9 Å². The van der Waals surface area contributed by atoms with Gasteiger partial charge in [0.05, 0.1) is 7.11 Å². The maximum Gasteiger partial charge on any atom is 0.119 e. The number of ether oxygens (including phenoxy) is 1. The van der Waals surface area contributed by atoms with Gasteiger partial charge in [0, 0.05) is 16.3 Å². The second kappa shape index (κ2) is 8.83. The quantitative estimate of drug-likeness (QED) is 0.733. The van der Waals surface area contributed by atoms with Crippen LogP contribution in [-0.4, -0.2) is 31.7 Å². The van der Waals surface area contributed by atoms with Crippen LogP contribution in [0.15, 0.2) is 22.7 Å². The van der Waals surface area contributed by atoms with E-state index in [1.54, 1.807) is 7.11 Å². The van der Waals surface area contributed by atoms with Gasteiger partial charge < -0.3 is 10.1 Å². The number of likely N-dealkylation sites (N-methyl/N-ethyl adjacent to an activating group) is 1. The first kappa shape index (κ1) is 15.9. The SMILES string of the molecule is CCCSCC(Cc1cc(OC)ccc1Br)NC. The number of nitrogens with one attached hydrogen (secondary N) is 1. The van der Waals surface area contributed by atoms with E-state index in [0.29, 0.717) is 6.04 Å². The molecule has 1 rings (SSSR count). The maximum absolute atomic E-state index is 5.28. The zero-order valence-corrected chi connectivity index (χ0v) is 13.7. The summed E-state index contributed by atoms with van der Waals surface area (Å²) in [4.78, 5) is 0. The standard InChI is InChI=1S/C14H22BrNOS/c1-4-7-18-10-12(16-2)8-11-9-13(17-3)5-6-14(11)15/h5-6,9,12,16H,4,7-8,10H2,1-3H3. The topological polar surface area (TPSA) is 21.3 Å². The van der Waals surface area contributed by atoms with Crippen molar-refractivity contribution < 1.29 is 4.74 Å². The lowest BCUT2D eigenvalue weighted by Gasteiger charge is -2.17. The zero-order chi connectivity index (χ0) is 13.4. The fraction of sp³-hybridized carbons (Fsp3) is 0.571. The van der Waals surface area contributed by atoms with Gasteiger partial charge in [-0.25, -0.2) is 0 Å². The van der Waals surface area contributed by atoms with Crippen molar-refractivity contribution in [3.05, 3.63) is 28.2 Å². The van der Waals surface area contributed by atoms with Crippen molar-refractivity contribution in [1.82, 2.24) is 5.32 Å². The molecule has 1 atom stereocenters. The Kier molecular flexibility index (Phi) is 7.79. The average Bonchev–Trinajstić information content (AvgIpc) is 2.40. The number of hydrogen-bond donors (Lipinski definition) is 1. The third kappa shape index (κ3) is 5.21. The summed E-state index contributed by atoms with van der Waals surface area (Å²) in [5.74, 6) is 3.30. The van der Waals surface area contributed by atoms with Crippen LogP contribution in [0.2, 0.25) is 0 Å². The molecule has 0 aliphatic carbocycles. The first-order valence-corrected chi connectivity index (χ1v) is 8.23. The molecule has 4 heteroatoms. The van der Waals surface area contributed by atoms with Crippen molar-refractivity contribution in [1.29, 1.82) is 0 Å². The lowest BCUT2D eigenvalue weighted by Crippen LogP contribution is -2.30. The lowest BCUT2D eigenvalue weighted by atomic mass is 10.1. The monoisotopic (exact) mass is 331 g/mol. The number of thioether (sulfide) groups is 1. The molecule has 0 spiro atoms. The van der Waals surface area contributed by atoms with E-state index in [-0.39, 0.29) is 0 Å². The first-order valence-electron chi connectivity index (χ1n) is 6.28.